The molecule has 0 unspecified atom stereocenters. The molecular weight excluding hydrogens is 673 g/mol. The summed E-state index contributed by atoms with van der Waals surface area (Å²) in [5.41, 5.74) is 12.1. The molecule has 1 aliphatic rings. The van der Waals surface area contributed by atoms with E-state index in [2.05, 4.69) is 167 Å². The fourth-order valence-corrected chi connectivity index (χ4v) is 9.24. The van der Waals surface area contributed by atoms with E-state index in [1.165, 1.54) is 75.1 Å². The number of pyridine rings is 1. The molecule has 0 amide bonds. The first kappa shape index (κ1) is 27.3. The standard InChI is InChI=1S/C42H30IN3/c1-27-11-10-24-43-41(27)42-28(2)18-23-40(44-42)46-37-17-9-7-15-33(37)35-26-30(20-22-39(35)46)29-19-21-38-34(25-29)32-14-6-8-16-36(32)45(38)31-12-4-3-5-13-31/h3-26H,1-2H3. The van der Waals surface area contributed by atoms with Crippen LogP contribution in [-0.4, -0.2) is 18.1 Å². The SMILES string of the molecule is CC1=C(c2nc(-n3c4ccccc4c4cc(-c5ccc6c(c5)c5ccccc5n6-c5ccccc5)ccc43)ccc2C)I=CC=C1. The summed E-state index contributed by atoms with van der Waals surface area (Å²) in [6.45, 7) is 4.39. The van der Waals surface area contributed by atoms with Crippen molar-refractivity contribution < 1.29 is 0 Å². The van der Waals surface area contributed by atoms with Crippen LogP contribution < -0.4 is 0 Å². The molecule has 0 aliphatic carbocycles. The highest BCUT2D eigenvalue weighted by molar-refractivity contribution is 14.2. The normalized spacial score (nSPS) is 13.3. The summed E-state index contributed by atoms with van der Waals surface area (Å²) in [7, 11) is 0. The van der Waals surface area contributed by atoms with Crippen molar-refractivity contribution in [2.75, 3.05) is 0 Å². The summed E-state index contributed by atoms with van der Waals surface area (Å²) in [4.78, 5) is 5.34. The Balaban J connectivity index is 1.23. The van der Waals surface area contributed by atoms with Gasteiger partial charge in [0.2, 0.25) is 0 Å². The maximum absolute atomic E-state index is 5.34. The number of para-hydroxylation sites is 3. The molecule has 9 rings (SSSR count). The van der Waals surface area contributed by atoms with Gasteiger partial charge < -0.3 is 4.57 Å². The van der Waals surface area contributed by atoms with Gasteiger partial charge in [0.05, 0.1) is 27.8 Å². The van der Waals surface area contributed by atoms with Gasteiger partial charge in [-0.2, -0.15) is 0 Å². The first-order chi connectivity index (χ1) is 22.7. The van der Waals surface area contributed by atoms with Crippen LogP contribution in [0.4, 0.5) is 0 Å². The van der Waals surface area contributed by atoms with E-state index in [1.54, 1.807) is 0 Å². The zero-order valence-electron chi connectivity index (χ0n) is 25.6. The van der Waals surface area contributed by atoms with Crippen LogP contribution in [0.25, 0.3) is 69.8 Å². The van der Waals surface area contributed by atoms with Gasteiger partial charge in [0.25, 0.3) is 0 Å². The number of benzene rings is 5. The first-order valence-corrected chi connectivity index (χ1v) is 17.9. The average molecular weight is 704 g/mol. The molecule has 0 saturated carbocycles. The summed E-state index contributed by atoms with van der Waals surface area (Å²) < 4.78 is 8.45. The number of rotatable bonds is 4. The maximum atomic E-state index is 5.34. The molecule has 0 radical (unpaired) electrons. The van der Waals surface area contributed by atoms with Gasteiger partial charge in [0.15, 0.2) is 0 Å². The Morgan fingerprint density at radius 3 is 1.80 bits per heavy atom. The monoisotopic (exact) mass is 703 g/mol. The van der Waals surface area contributed by atoms with E-state index in [9.17, 15) is 0 Å². The van der Waals surface area contributed by atoms with Crippen molar-refractivity contribution in [3.63, 3.8) is 0 Å². The summed E-state index contributed by atoms with van der Waals surface area (Å²) >= 11 is -0.202. The molecule has 4 heteroatoms. The third-order valence-corrected chi connectivity index (χ3v) is 11.9. The summed E-state index contributed by atoms with van der Waals surface area (Å²) in [5.74, 6) is 0.966. The van der Waals surface area contributed by atoms with E-state index in [1.807, 2.05) is 0 Å². The largest absolute Gasteiger partial charge is 0.309 e. The lowest BCUT2D eigenvalue weighted by Gasteiger charge is -2.14. The molecule has 4 heterocycles. The molecule has 0 N–H and O–H groups in total. The predicted molar refractivity (Wildman–Crippen MR) is 205 cm³/mol. The van der Waals surface area contributed by atoms with Crippen molar-refractivity contribution in [2.45, 2.75) is 13.8 Å². The Morgan fingerprint density at radius 2 is 1.13 bits per heavy atom. The minimum atomic E-state index is -0.202. The van der Waals surface area contributed by atoms with Crippen molar-refractivity contribution in [3.05, 3.63) is 156 Å². The van der Waals surface area contributed by atoms with Crippen molar-refractivity contribution >= 4 is 71.9 Å². The van der Waals surface area contributed by atoms with E-state index < -0.39 is 0 Å². The lowest BCUT2D eigenvalue weighted by atomic mass is 10.0. The second-order valence-corrected chi connectivity index (χ2v) is 14.4. The highest BCUT2D eigenvalue weighted by Gasteiger charge is 2.18. The van der Waals surface area contributed by atoms with Crippen LogP contribution in [0.2, 0.25) is 0 Å². The number of aromatic nitrogens is 3. The van der Waals surface area contributed by atoms with Crippen molar-refractivity contribution in [1.82, 2.24) is 14.1 Å². The Labute approximate surface area is 277 Å². The quantitative estimate of drug-likeness (QED) is 0.167. The van der Waals surface area contributed by atoms with Crippen LogP contribution in [0, 0.1) is 6.92 Å². The minimum Gasteiger partial charge on any atom is -0.309 e. The molecule has 46 heavy (non-hydrogen) atoms. The molecule has 1 aliphatic heterocycles. The van der Waals surface area contributed by atoms with Crippen LogP contribution in [0.1, 0.15) is 18.2 Å². The molecule has 5 aromatic carbocycles. The van der Waals surface area contributed by atoms with Crippen LogP contribution in [-0.2, 0) is 0 Å². The second-order valence-electron chi connectivity index (χ2n) is 11.9. The summed E-state index contributed by atoms with van der Waals surface area (Å²) in [6, 6.07) is 46.3. The van der Waals surface area contributed by atoms with Gasteiger partial charge >= 0.3 is 0 Å². The molecule has 0 saturated heterocycles. The summed E-state index contributed by atoms with van der Waals surface area (Å²) in [5, 5.41) is 5.00. The average Bonchev–Trinajstić information content (AvgIpc) is 3.61. The van der Waals surface area contributed by atoms with Crippen LogP contribution in [0.3, 0.4) is 0 Å². The fourth-order valence-electron chi connectivity index (χ4n) is 6.95. The van der Waals surface area contributed by atoms with Crippen LogP contribution in [0.5, 0.6) is 0 Å². The van der Waals surface area contributed by atoms with E-state index in [-0.39, 0.29) is 20.7 Å². The predicted octanol–water partition coefficient (Wildman–Crippen LogP) is 11.3. The number of hydrogen-bond acceptors (Lipinski definition) is 1. The molecule has 220 valence electrons. The summed E-state index contributed by atoms with van der Waals surface area (Å²) in [6.07, 6.45) is 4.40. The zero-order valence-corrected chi connectivity index (χ0v) is 27.7. The molecule has 0 bridgehead atoms. The van der Waals surface area contributed by atoms with E-state index >= 15 is 0 Å². The number of halogens is 1. The molecule has 0 atom stereocenters. The third kappa shape index (κ3) is 4.24. The first-order valence-electron chi connectivity index (χ1n) is 15.6. The van der Waals surface area contributed by atoms with Gasteiger partial charge in [-0.3, -0.25) is 4.57 Å². The Hall–Kier alpha value is -5.07. The molecule has 8 aromatic rings. The minimum absolute atomic E-state index is 0.202. The number of nitrogens with zero attached hydrogens (tertiary/aromatic N) is 3. The van der Waals surface area contributed by atoms with E-state index in [0.29, 0.717) is 0 Å². The molecule has 0 spiro atoms. The lowest BCUT2D eigenvalue weighted by Crippen LogP contribution is -2.02. The number of hydrogen-bond donors (Lipinski definition) is 0. The van der Waals surface area contributed by atoms with Crippen molar-refractivity contribution in [1.29, 1.82) is 0 Å². The lowest BCUT2D eigenvalue weighted by molar-refractivity contribution is 1.06. The van der Waals surface area contributed by atoms with Crippen LogP contribution >= 0.6 is 20.7 Å². The zero-order chi connectivity index (χ0) is 30.8. The number of aryl methyl sites for hydroxylation is 1. The molecule has 3 nitrogen and oxygen atoms in total. The van der Waals surface area contributed by atoms with Gasteiger partial charge in [-0.25, -0.2) is 4.98 Å². The van der Waals surface area contributed by atoms with E-state index in [4.69, 9.17) is 4.98 Å². The van der Waals surface area contributed by atoms with Crippen molar-refractivity contribution in [2.24, 2.45) is 0 Å². The Kier molecular flexibility index (Phi) is 6.39. The van der Waals surface area contributed by atoms with Gasteiger partial charge in [0, 0.05) is 30.8 Å². The van der Waals surface area contributed by atoms with Gasteiger partial charge in [-0.1, -0.05) is 106 Å². The second kappa shape index (κ2) is 10.8. The maximum Gasteiger partial charge on any atom is 0.138 e. The van der Waals surface area contributed by atoms with E-state index in [0.717, 1.165) is 11.5 Å². The van der Waals surface area contributed by atoms with Crippen LogP contribution in [0.15, 0.2) is 145 Å². The van der Waals surface area contributed by atoms with Crippen molar-refractivity contribution in [3.8, 4) is 22.6 Å². The van der Waals surface area contributed by atoms with Gasteiger partial charge in [-0.05, 0) is 94.7 Å². The molecular formula is C42H30IN3. The van der Waals surface area contributed by atoms with Gasteiger partial charge in [0.1, 0.15) is 5.82 Å². The number of allylic oxidation sites excluding steroid dienone is 3. The molecule has 3 aromatic heterocycles. The Morgan fingerprint density at radius 1 is 0.543 bits per heavy atom. The number of fused-ring (bicyclic) bond motifs is 6. The van der Waals surface area contributed by atoms with Gasteiger partial charge in [-0.15, -0.1) is 0 Å². The highest BCUT2D eigenvalue weighted by atomic mass is 127. The highest BCUT2D eigenvalue weighted by Crippen LogP contribution is 2.39. The Bertz CT molecular complexity index is 2600. The molecule has 0 fully saturated rings. The smallest absolute Gasteiger partial charge is 0.138 e. The fraction of sp³-hybridized carbons (Fsp3) is 0.0476. The third-order valence-electron chi connectivity index (χ3n) is 9.15. The topological polar surface area (TPSA) is 22.8 Å².